The minimum atomic E-state index is 0.286. The number of nitrogens with one attached hydrogen (secondary N) is 2. The lowest BCUT2D eigenvalue weighted by molar-refractivity contribution is 0.296. The van der Waals surface area contributed by atoms with Crippen molar-refractivity contribution in [2.45, 2.75) is 6.42 Å². The van der Waals surface area contributed by atoms with Gasteiger partial charge in [-0.05, 0) is 18.2 Å². The molecule has 90 valence electrons. The monoisotopic (exact) mass is 241 g/mol. The van der Waals surface area contributed by atoms with E-state index >= 15 is 0 Å². The second kappa shape index (κ2) is 8.24. The molecule has 0 aliphatic heterocycles. The fraction of sp³-hybridized carbons (Fsp3) is 0.545. The van der Waals surface area contributed by atoms with Crippen molar-refractivity contribution in [3.8, 4) is 0 Å². The van der Waals surface area contributed by atoms with Crippen molar-refractivity contribution >= 4 is 23.1 Å². The molecule has 1 aromatic heterocycles. The first-order chi connectivity index (χ1) is 7.86. The van der Waals surface area contributed by atoms with E-state index in [1.807, 2.05) is 31.1 Å². The molecule has 0 aliphatic rings. The van der Waals surface area contributed by atoms with Gasteiger partial charge in [0.25, 0.3) is 0 Å². The minimum absolute atomic E-state index is 0.286. The molecule has 0 atom stereocenters. The Hall–Kier alpha value is -0.940. The Morgan fingerprint density at radius 3 is 2.88 bits per heavy atom. The SMILES string of the molecule is CNc1cncc(NCCSCCCO)c1. The molecule has 0 bridgehead atoms. The highest BCUT2D eigenvalue weighted by Crippen LogP contribution is 2.12. The lowest BCUT2D eigenvalue weighted by atomic mass is 10.3. The number of pyridine rings is 1. The van der Waals surface area contributed by atoms with Crippen LogP contribution in [0.25, 0.3) is 0 Å². The fourth-order valence-corrected chi connectivity index (χ4v) is 1.99. The first kappa shape index (κ1) is 13.1. The van der Waals surface area contributed by atoms with Crippen LogP contribution in [0.4, 0.5) is 11.4 Å². The number of aromatic nitrogens is 1. The third kappa shape index (κ3) is 5.23. The lowest BCUT2D eigenvalue weighted by Crippen LogP contribution is -2.05. The molecule has 0 radical (unpaired) electrons. The van der Waals surface area contributed by atoms with Gasteiger partial charge in [-0.3, -0.25) is 4.98 Å². The normalized spacial score (nSPS) is 10.1. The quantitative estimate of drug-likeness (QED) is 0.604. The molecule has 1 aromatic rings. The van der Waals surface area contributed by atoms with E-state index in [0.29, 0.717) is 0 Å². The summed E-state index contributed by atoms with van der Waals surface area (Å²) in [7, 11) is 1.88. The van der Waals surface area contributed by atoms with Crippen LogP contribution in [0.5, 0.6) is 0 Å². The Morgan fingerprint density at radius 2 is 2.12 bits per heavy atom. The third-order valence-electron chi connectivity index (χ3n) is 2.05. The van der Waals surface area contributed by atoms with Crippen LogP contribution in [-0.4, -0.2) is 41.8 Å². The Morgan fingerprint density at radius 1 is 1.31 bits per heavy atom. The van der Waals surface area contributed by atoms with Crippen LogP contribution in [0.3, 0.4) is 0 Å². The first-order valence-electron chi connectivity index (χ1n) is 5.42. The maximum Gasteiger partial charge on any atom is 0.0547 e. The summed E-state index contributed by atoms with van der Waals surface area (Å²) in [5.41, 5.74) is 2.05. The van der Waals surface area contributed by atoms with Crippen LogP contribution >= 0.6 is 11.8 Å². The number of hydrogen-bond acceptors (Lipinski definition) is 5. The van der Waals surface area contributed by atoms with Crippen molar-refractivity contribution < 1.29 is 5.11 Å². The smallest absolute Gasteiger partial charge is 0.0547 e. The largest absolute Gasteiger partial charge is 0.396 e. The van der Waals surface area contributed by atoms with Gasteiger partial charge >= 0.3 is 0 Å². The van der Waals surface area contributed by atoms with Crippen molar-refractivity contribution in [2.24, 2.45) is 0 Å². The number of nitrogens with zero attached hydrogens (tertiary/aromatic N) is 1. The van der Waals surface area contributed by atoms with Gasteiger partial charge in [-0.15, -0.1) is 0 Å². The zero-order valence-electron chi connectivity index (χ0n) is 9.57. The molecular weight excluding hydrogens is 222 g/mol. The molecule has 3 N–H and O–H groups in total. The molecule has 5 heteroatoms. The van der Waals surface area contributed by atoms with Crippen molar-refractivity contribution in [1.82, 2.24) is 4.98 Å². The van der Waals surface area contributed by atoms with Gasteiger partial charge in [-0.1, -0.05) is 0 Å². The first-order valence-corrected chi connectivity index (χ1v) is 6.57. The van der Waals surface area contributed by atoms with Crippen molar-refractivity contribution in [3.05, 3.63) is 18.5 Å². The molecule has 4 nitrogen and oxygen atoms in total. The van der Waals surface area contributed by atoms with Gasteiger partial charge in [0, 0.05) is 26.0 Å². The lowest BCUT2D eigenvalue weighted by Gasteiger charge is -2.07. The minimum Gasteiger partial charge on any atom is -0.396 e. The Kier molecular flexibility index (Phi) is 6.76. The van der Waals surface area contributed by atoms with Crippen molar-refractivity contribution in [1.29, 1.82) is 0 Å². The molecule has 0 spiro atoms. The molecule has 0 unspecified atom stereocenters. The third-order valence-corrected chi connectivity index (χ3v) is 3.12. The Bertz CT molecular complexity index is 296. The van der Waals surface area contributed by atoms with Gasteiger partial charge in [0.2, 0.25) is 0 Å². The Labute approximate surface area is 101 Å². The number of aliphatic hydroxyl groups excluding tert-OH is 1. The van der Waals surface area contributed by atoms with E-state index in [9.17, 15) is 0 Å². The van der Waals surface area contributed by atoms with Crippen LogP contribution in [0.15, 0.2) is 18.5 Å². The highest BCUT2D eigenvalue weighted by Gasteiger charge is 1.94. The highest BCUT2D eigenvalue weighted by atomic mass is 32.2. The predicted molar refractivity (Wildman–Crippen MR) is 71.3 cm³/mol. The van der Waals surface area contributed by atoms with E-state index in [1.165, 1.54) is 0 Å². The zero-order valence-corrected chi connectivity index (χ0v) is 10.4. The maximum absolute atomic E-state index is 8.61. The van der Waals surface area contributed by atoms with E-state index in [0.717, 1.165) is 35.8 Å². The molecular formula is C11H19N3OS. The van der Waals surface area contributed by atoms with E-state index in [2.05, 4.69) is 15.6 Å². The molecule has 0 aromatic carbocycles. The van der Waals surface area contributed by atoms with Crippen molar-refractivity contribution in [3.63, 3.8) is 0 Å². The zero-order chi connectivity index (χ0) is 11.6. The average Bonchev–Trinajstić information content (AvgIpc) is 2.34. The predicted octanol–water partition coefficient (Wildman–Crippen LogP) is 1.65. The summed E-state index contributed by atoms with van der Waals surface area (Å²) in [5.74, 6) is 2.07. The van der Waals surface area contributed by atoms with Gasteiger partial charge in [0.15, 0.2) is 0 Å². The van der Waals surface area contributed by atoms with Gasteiger partial charge in [0.1, 0.15) is 0 Å². The molecule has 16 heavy (non-hydrogen) atoms. The van der Waals surface area contributed by atoms with Gasteiger partial charge in [-0.2, -0.15) is 11.8 Å². The number of aliphatic hydroxyl groups is 1. The van der Waals surface area contributed by atoms with Crippen molar-refractivity contribution in [2.75, 3.05) is 42.3 Å². The summed E-state index contributed by atoms with van der Waals surface area (Å²) < 4.78 is 0. The summed E-state index contributed by atoms with van der Waals surface area (Å²) in [6, 6.07) is 2.03. The van der Waals surface area contributed by atoms with Gasteiger partial charge < -0.3 is 15.7 Å². The Balaban J connectivity index is 2.16. The maximum atomic E-state index is 8.61. The van der Waals surface area contributed by atoms with Crippen LogP contribution in [0.1, 0.15) is 6.42 Å². The molecule has 0 fully saturated rings. The van der Waals surface area contributed by atoms with Crippen LogP contribution in [0, 0.1) is 0 Å². The second-order valence-corrected chi connectivity index (χ2v) is 4.55. The van der Waals surface area contributed by atoms with Crippen LogP contribution < -0.4 is 10.6 Å². The number of thioether (sulfide) groups is 1. The van der Waals surface area contributed by atoms with Gasteiger partial charge in [-0.25, -0.2) is 0 Å². The second-order valence-electron chi connectivity index (χ2n) is 3.33. The van der Waals surface area contributed by atoms with Crippen LogP contribution in [0.2, 0.25) is 0 Å². The molecule has 0 saturated heterocycles. The summed E-state index contributed by atoms with van der Waals surface area (Å²) in [6.07, 6.45) is 4.49. The van der Waals surface area contributed by atoms with Gasteiger partial charge in [0.05, 0.1) is 23.8 Å². The van der Waals surface area contributed by atoms with E-state index in [-0.39, 0.29) is 6.61 Å². The molecule has 0 aliphatic carbocycles. The standard InChI is InChI=1S/C11H19N3OS/c1-12-10-7-11(9-13-8-10)14-3-6-16-5-2-4-15/h7-9,12,14-15H,2-6H2,1H3. The number of rotatable bonds is 8. The van der Waals surface area contributed by atoms with Crippen LogP contribution in [-0.2, 0) is 0 Å². The molecule has 1 rings (SSSR count). The van der Waals surface area contributed by atoms with E-state index < -0.39 is 0 Å². The fourth-order valence-electron chi connectivity index (χ4n) is 1.21. The molecule has 1 heterocycles. The summed E-state index contributed by atoms with van der Waals surface area (Å²) in [6.45, 7) is 1.21. The topological polar surface area (TPSA) is 57.2 Å². The molecule has 0 amide bonds. The number of anilines is 2. The summed E-state index contributed by atoms with van der Waals surface area (Å²) >= 11 is 1.85. The summed E-state index contributed by atoms with van der Waals surface area (Å²) in [5, 5.41) is 15.0. The van der Waals surface area contributed by atoms with E-state index in [4.69, 9.17) is 5.11 Å². The summed E-state index contributed by atoms with van der Waals surface area (Å²) in [4.78, 5) is 4.12. The molecule has 0 saturated carbocycles. The van der Waals surface area contributed by atoms with E-state index in [1.54, 1.807) is 6.20 Å². The number of hydrogen-bond donors (Lipinski definition) is 3. The average molecular weight is 241 g/mol. The highest BCUT2D eigenvalue weighted by molar-refractivity contribution is 7.99.